The van der Waals surface area contributed by atoms with E-state index < -0.39 is 11.5 Å². The first-order valence-corrected chi connectivity index (χ1v) is 11.3. The second kappa shape index (κ2) is 8.11. The van der Waals surface area contributed by atoms with Crippen LogP contribution in [0, 0.1) is 5.92 Å². The van der Waals surface area contributed by atoms with Crippen LogP contribution in [0.4, 0.5) is 0 Å². The summed E-state index contributed by atoms with van der Waals surface area (Å²) in [6.45, 7) is 9.19. The topological polar surface area (TPSA) is 111 Å². The Kier molecular flexibility index (Phi) is 5.60. The fraction of sp³-hybridized carbons (Fsp3) is 0.565. The molecular formula is C23H32N5O4+. The number of carbonyl (C=O) groups excluding carboxylic acids is 2. The minimum atomic E-state index is -0.623. The van der Waals surface area contributed by atoms with E-state index in [2.05, 4.69) is 24.3 Å². The molecule has 0 atom stereocenters. The van der Waals surface area contributed by atoms with Crippen molar-refractivity contribution >= 4 is 23.5 Å². The zero-order chi connectivity index (χ0) is 23.2. The lowest BCUT2D eigenvalue weighted by Crippen LogP contribution is -2.46. The van der Waals surface area contributed by atoms with Gasteiger partial charge in [-0.3, -0.25) is 9.59 Å². The van der Waals surface area contributed by atoms with Crippen LogP contribution in [-0.4, -0.2) is 49.6 Å². The maximum atomic E-state index is 13.1. The standard InChI is InChI=1S/C23H31N5O4/c1-14(2)13-26-20-15(6-9-17(29)27-11-5-10-23(27,3)4)12-24-28(20)22(32)18(21(26)31)19(30)25-16-7-8-16/h6,9,12,14,16H,5,7-8,10-11,13H2,1-4H3,(H2,25,30,31,32)/p+1/b9-6+. The molecule has 4 rings (SSSR count). The number of nitrogens with zero attached hydrogens (tertiary/aromatic N) is 3. The average Bonchev–Trinajstić information content (AvgIpc) is 3.29. The summed E-state index contributed by atoms with van der Waals surface area (Å²) in [5.74, 6) is -0.872. The number of nitrogens with one attached hydrogen (secondary N) is 2. The Hall–Kier alpha value is -3.10. The highest BCUT2D eigenvalue weighted by Gasteiger charge is 2.36. The van der Waals surface area contributed by atoms with Gasteiger partial charge < -0.3 is 15.3 Å². The number of H-pyrrole nitrogens is 1. The molecule has 0 bridgehead atoms. The maximum absolute atomic E-state index is 13.1. The molecule has 1 saturated heterocycles. The molecule has 0 spiro atoms. The molecule has 32 heavy (non-hydrogen) atoms. The molecule has 0 aromatic carbocycles. The van der Waals surface area contributed by atoms with Crippen LogP contribution in [0.2, 0.25) is 0 Å². The van der Waals surface area contributed by atoms with E-state index in [0.29, 0.717) is 17.8 Å². The molecule has 1 aliphatic heterocycles. The van der Waals surface area contributed by atoms with Crippen molar-refractivity contribution in [1.82, 2.24) is 19.8 Å². The minimum absolute atomic E-state index is 0.0588. The number of fused-ring (bicyclic) bond motifs is 1. The van der Waals surface area contributed by atoms with Crippen LogP contribution in [0.1, 0.15) is 69.3 Å². The van der Waals surface area contributed by atoms with Gasteiger partial charge in [0.2, 0.25) is 11.5 Å². The van der Waals surface area contributed by atoms with Crippen molar-refractivity contribution < 1.29 is 19.3 Å². The van der Waals surface area contributed by atoms with Crippen LogP contribution in [0.25, 0.3) is 11.7 Å². The number of aromatic nitrogens is 3. The van der Waals surface area contributed by atoms with Crippen molar-refractivity contribution in [2.45, 2.75) is 71.5 Å². The highest BCUT2D eigenvalue weighted by atomic mass is 16.3. The SMILES string of the molecule is CC(C)C[n+]1c(O)c(C(=O)NC2CC2)c(=O)n2[nH]cc(/C=C/C(=O)N3CCCC3(C)C)c21. The molecule has 2 aromatic heterocycles. The van der Waals surface area contributed by atoms with E-state index in [0.717, 1.165) is 32.2 Å². The lowest BCUT2D eigenvalue weighted by atomic mass is 10.0. The van der Waals surface area contributed by atoms with Gasteiger partial charge in [0.1, 0.15) is 0 Å². The summed E-state index contributed by atoms with van der Waals surface area (Å²) in [6, 6.07) is 0.0588. The molecule has 9 heteroatoms. The van der Waals surface area contributed by atoms with Gasteiger partial charge in [-0.1, -0.05) is 18.4 Å². The van der Waals surface area contributed by atoms with E-state index in [1.165, 1.54) is 10.6 Å². The normalized spacial score (nSPS) is 18.2. The van der Waals surface area contributed by atoms with Gasteiger partial charge in [0.15, 0.2) is 0 Å². The highest BCUT2D eigenvalue weighted by Crippen LogP contribution is 2.28. The number of carbonyl (C=O) groups is 2. The third-order valence-electron chi connectivity index (χ3n) is 6.23. The van der Waals surface area contributed by atoms with Crippen molar-refractivity contribution in [2.75, 3.05) is 6.54 Å². The zero-order valence-corrected chi connectivity index (χ0v) is 19.1. The zero-order valence-electron chi connectivity index (χ0n) is 19.1. The largest absolute Gasteiger partial charge is 0.477 e. The second-order valence-electron chi connectivity index (χ2n) is 9.88. The first kappa shape index (κ1) is 22.1. The molecule has 2 amide bonds. The lowest BCUT2D eigenvalue weighted by molar-refractivity contribution is -0.686. The van der Waals surface area contributed by atoms with Crippen LogP contribution in [0.15, 0.2) is 17.1 Å². The number of rotatable bonds is 6. The third-order valence-corrected chi connectivity index (χ3v) is 6.23. The van der Waals surface area contributed by atoms with Crippen LogP contribution >= 0.6 is 0 Å². The molecule has 0 radical (unpaired) electrons. The summed E-state index contributed by atoms with van der Waals surface area (Å²) in [4.78, 5) is 40.4. The molecule has 1 saturated carbocycles. The quantitative estimate of drug-likeness (QED) is 0.466. The summed E-state index contributed by atoms with van der Waals surface area (Å²) in [5, 5.41) is 16.6. The monoisotopic (exact) mass is 442 g/mol. The van der Waals surface area contributed by atoms with Crippen LogP contribution in [-0.2, 0) is 11.3 Å². The Bertz CT molecular complexity index is 1150. The number of hydrogen-bond donors (Lipinski definition) is 3. The van der Waals surface area contributed by atoms with E-state index in [1.807, 2.05) is 18.7 Å². The van der Waals surface area contributed by atoms with Crippen molar-refractivity contribution in [3.63, 3.8) is 0 Å². The Morgan fingerprint density at radius 1 is 1.38 bits per heavy atom. The third kappa shape index (κ3) is 4.03. The van der Waals surface area contributed by atoms with Crippen LogP contribution in [0.5, 0.6) is 5.88 Å². The van der Waals surface area contributed by atoms with Crippen molar-refractivity contribution in [3.05, 3.63) is 33.8 Å². The minimum Gasteiger partial charge on any atom is -0.477 e. The molecule has 2 fully saturated rings. The van der Waals surface area contributed by atoms with Crippen LogP contribution < -0.4 is 15.4 Å². The van der Waals surface area contributed by atoms with E-state index in [1.54, 1.807) is 16.8 Å². The molecule has 2 aromatic rings. The Morgan fingerprint density at radius 2 is 2.09 bits per heavy atom. The first-order chi connectivity index (χ1) is 15.1. The van der Waals surface area contributed by atoms with E-state index >= 15 is 0 Å². The highest BCUT2D eigenvalue weighted by molar-refractivity contribution is 5.96. The summed E-state index contributed by atoms with van der Waals surface area (Å²) in [5.41, 5.74) is -0.0887. The van der Waals surface area contributed by atoms with Gasteiger partial charge in [-0.05, 0) is 51.5 Å². The van der Waals surface area contributed by atoms with E-state index in [9.17, 15) is 19.5 Å². The molecule has 2 aliphatic rings. The Labute approximate surface area is 186 Å². The smallest absolute Gasteiger partial charge is 0.378 e. The van der Waals surface area contributed by atoms with Gasteiger partial charge in [0.05, 0.1) is 18.3 Å². The van der Waals surface area contributed by atoms with Gasteiger partial charge in [0, 0.05) is 24.2 Å². The average molecular weight is 443 g/mol. The van der Waals surface area contributed by atoms with Gasteiger partial charge in [-0.15, -0.1) is 0 Å². The summed E-state index contributed by atoms with van der Waals surface area (Å²) < 4.78 is 2.82. The fourth-order valence-corrected chi connectivity index (χ4v) is 4.37. The van der Waals surface area contributed by atoms with E-state index in [4.69, 9.17) is 0 Å². The number of hydrogen-bond acceptors (Lipinski definition) is 4. The second-order valence-corrected chi connectivity index (χ2v) is 9.88. The van der Waals surface area contributed by atoms with Gasteiger partial charge in [-0.25, -0.2) is 9.89 Å². The van der Waals surface area contributed by atoms with Crippen LogP contribution in [0.3, 0.4) is 0 Å². The van der Waals surface area contributed by atoms with Crippen molar-refractivity contribution in [2.24, 2.45) is 5.92 Å². The summed E-state index contributed by atoms with van der Waals surface area (Å²) >= 11 is 0. The van der Waals surface area contributed by atoms with E-state index in [-0.39, 0.29) is 34.8 Å². The maximum Gasteiger partial charge on any atom is 0.378 e. The summed E-state index contributed by atoms with van der Waals surface area (Å²) in [6.07, 6.45) is 8.46. The molecular weight excluding hydrogens is 410 g/mol. The lowest BCUT2D eigenvalue weighted by Gasteiger charge is -2.30. The van der Waals surface area contributed by atoms with Crippen molar-refractivity contribution in [1.29, 1.82) is 0 Å². The predicted octanol–water partition coefficient (Wildman–Crippen LogP) is 1.58. The number of likely N-dealkylation sites (tertiary alicyclic amines) is 1. The number of amides is 2. The van der Waals surface area contributed by atoms with Gasteiger partial charge in [0.25, 0.3) is 5.91 Å². The van der Waals surface area contributed by atoms with Crippen molar-refractivity contribution in [3.8, 4) is 5.88 Å². The number of aromatic amines is 1. The Balaban J connectivity index is 1.77. The Morgan fingerprint density at radius 3 is 2.69 bits per heavy atom. The molecule has 9 nitrogen and oxygen atoms in total. The summed E-state index contributed by atoms with van der Waals surface area (Å²) in [7, 11) is 0. The number of aromatic hydroxyl groups is 1. The molecule has 1 aliphatic carbocycles. The first-order valence-electron chi connectivity index (χ1n) is 11.3. The molecule has 3 N–H and O–H groups in total. The van der Waals surface area contributed by atoms with Gasteiger partial charge in [-0.2, -0.15) is 4.57 Å². The molecule has 172 valence electrons. The molecule has 3 heterocycles. The predicted molar refractivity (Wildman–Crippen MR) is 119 cm³/mol. The fourth-order valence-electron chi connectivity index (χ4n) is 4.37. The van der Waals surface area contributed by atoms with Gasteiger partial charge >= 0.3 is 17.1 Å². The molecule has 0 unspecified atom stereocenters.